The van der Waals surface area contributed by atoms with Crippen LogP contribution in [-0.4, -0.2) is 56.8 Å². The molecule has 1 fully saturated rings. The first-order chi connectivity index (χ1) is 8.54. The summed E-state index contributed by atoms with van der Waals surface area (Å²) in [7, 11) is 5.91. The molecular formula is C12H27N5O. The summed E-state index contributed by atoms with van der Waals surface area (Å²) >= 11 is 0. The van der Waals surface area contributed by atoms with Crippen LogP contribution in [0.25, 0.3) is 0 Å². The van der Waals surface area contributed by atoms with Gasteiger partial charge in [-0.3, -0.25) is 10.4 Å². The lowest BCUT2D eigenvalue weighted by Crippen LogP contribution is -2.54. The molecule has 0 aromatic carbocycles. The Morgan fingerprint density at radius 2 is 2.17 bits per heavy atom. The van der Waals surface area contributed by atoms with Crippen molar-refractivity contribution in [1.29, 1.82) is 0 Å². The molecule has 6 heteroatoms. The van der Waals surface area contributed by atoms with Crippen LogP contribution in [0.15, 0.2) is 4.99 Å². The lowest BCUT2D eigenvalue weighted by atomic mass is 9.76. The van der Waals surface area contributed by atoms with Crippen LogP contribution < -0.4 is 16.6 Å². The Morgan fingerprint density at radius 3 is 2.56 bits per heavy atom. The Labute approximate surface area is 110 Å². The summed E-state index contributed by atoms with van der Waals surface area (Å²) in [5, 5.41) is 3.20. The number of nitrogens with two attached hydrogens (primary N) is 1. The van der Waals surface area contributed by atoms with E-state index < -0.39 is 0 Å². The molecule has 18 heavy (non-hydrogen) atoms. The van der Waals surface area contributed by atoms with Gasteiger partial charge in [0.1, 0.15) is 0 Å². The molecule has 0 bridgehead atoms. The van der Waals surface area contributed by atoms with Crippen LogP contribution in [0.2, 0.25) is 0 Å². The number of hydrogen-bond donors (Lipinski definition) is 3. The van der Waals surface area contributed by atoms with Crippen LogP contribution >= 0.6 is 0 Å². The number of nitrogens with zero attached hydrogens (tertiary/aromatic N) is 2. The summed E-state index contributed by atoms with van der Waals surface area (Å²) in [5.74, 6) is 6.12. The first-order valence-corrected chi connectivity index (χ1v) is 6.48. The van der Waals surface area contributed by atoms with Crippen LogP contribution in [0.5, 0.6) is 0 Å². The number of nitrogens with one attached hydrogen (secondary N) is 2. The number of ether oxygens (including phenoxy) is 1. The van der Waals surface area contributed by atoms with Gasteiger partial charge in [-0.05, 0) is 40.3 Å². The van der Waals surface area contributed by atoms with E-state index in [1.807, 2.05) is 6.92 Å². The van der Waals surface area contributed by atoms with Crippen LogP contribution in [0.1, 0.15) is 26.2 Å². The van der Waals surface area contributed by atoms with Crippen molar-refractivity contribution in [2.75, 3.05) is 34.4 Å². The fourth-order valence-electron chi connectivity index (χ4n) is 2.22. The van der Waals surface area contributed by atoms with Crippen molar-refractivity contribution in [3.05, 3.63) is 0 Å². The lowest BCUT2D eigenvalue weighted by Gasteiger charge is -2.46. The molecule has 4 N–H and O–H groups in total. The monoisotopic (exact) mass is 257 g/mol. The molecule has 1 atom stereocenters. The molecule has 0 aliphatic heterocycles. The molecule has 0 amide bonds. The van der Waals surface area contributed by atoms with Gasteiger partial charge < -0.3 is 15.0 Å². The Morgan fingerprint density at radius 1 is 1.50 bits per heavy atom. The molecule has 1 unspecified atom stereocenters. The summed E-state index contributed by atoms with van der Waals surface area (Å²) in [5.41, 5.74) is 2.83. The Hall–Kier alpha value is -0.850. The third kappa shape index (κ3) is 3.83. The van der Waals surface area contributed by atoms with Crippen molar-refractivity contribution in [1.82, 2.24) is 15.6 Å². The van der Waals surface area contributed by atoms with E-state index >= 15 is 0 Å². The minimum atomic E-state index is 0.182. The Balaban J connectivity index is 2.51. The number of likely N-dealkylation sites (N-methyl/N-ethyl adjacent to an activating group) is 1. The van der Waals surface area contributed by atoms with Crippen molar-refractivity contribution in [3.8, 4) is 0 Å². The van der Waals surface area contributed by atoms with E-state index in [0.717, 1.165) is 6.54 Å². The van der Waals surface area contributed by atoms with Crippen LogP contribution in [0.4, 0.5) is 0 Å². The number of rotatable bonds is 6. The summed E-state index contributed by atoms with van der Waals surface area (Å²) in [6.45, 7) is 3.42. The lowest BCUT2D eigenvalue weighted by molar-refractivity contribution is 0.0698. The molecule has 1 aliphatic carbocycles. The van der Waals surface area contributed by atoms with Gasteiger partial charge in [0.15, 0.2) is 0 Å². The third-order valence-corrected chi connectivity index (χ3v) is 3.70. The minimum Gasteiger partial charge on any atom is -0.383 e. The van der Waals surface area contributed by atoms with Gasteiger partial charge in [0.25, 0.3) is 0 Å². The molecule has 0 aromatic rings. The van der Waals surface area contributed by atoms with Crippen molar-refractivity contribution < 1.29 is 4.74 Å². The number of hydrazine groups is 1. The molecule has 0 spiro atoms. The molecule has 106 valence electrons. The zero-order valence-electron chi connectivity index (χ0n) is 12.0. The average Bonchev–Trinajstić information content (AvgIpc) is 2.25. The van der Waals surface area contributed by atoms with Crippen LogP contribution in [0.3, 0.4) is 0 Å². The first-order valence-electron chi connectivity index (χ1n) is 6.48. The maximum absolute atomic E-state index is 5.48. The Bertz CT molecular complexity index is 276. The Kier molecular flexibility index (Phi) is 5.84. The van der Waals surface area contributed by atoms with Gasteiger partial charge in [0.05, 0.1) is 13.2 Å². The summed E-state index contributed by atoms with van der Waals surface area (Å²) in [6.07, 6.45) is 3.69. The van der Waals surface area contributed by atoms with E-state index in [0.29, 0.717) is 12.6 Å². The van der Waals surface area contributed by atoms with E-state index in [2.05, 4.69) is 34.7 Å². The topological polar surface area (TPSA) is 74.9 Å². The highest BCUT2D eigenvalue weighted by atomic mass is 16.5. The molecule has 1 rings (SSSR count). The minimum absolute atomic E-state index is 0.182. The molecule has 0 aromatic heterocycles. The number of aliphatic imine (C=N–C) groups is 1. The summed E-state index contributed by atoms with van der Waals surface area (Å²) in [6, 6.07) is 0.182. The fourth-order valence-corrected chi connectivity index (χ4v) is 2.22. The number of methoxy groups -OCH3 is 1. The average molecular weight is 257 g/mol. The van der Waals surface area contributed by atoms with Gasteiger partial charge in [-0.1, -0.05) is 0 Å². The van der Waals surface area contributed by atoms with Gasteiger partial charge in [-0.2, -0.15) is 0 Å². The van der Waals surface area contributed by atoms with Gasteiger partial charge in [-0.25, -0.2) is 5.84 Å². The second-order valence-corrected chi connectivity index (χ2v) is 5.28. The van der Waals surface area contributed by atoms with Crippen molar-refractivity contribution in [2.24, 2.45) is 10.8 Å². The first kappa shape index (κ1) is 15.2. The zero-order chi connectivity index (χ0) is 13.6. The van der Waals surface area contributed by atoms with Gasteiger partial charge in [-0.15, -0.1) is 0 Å². The van der Waals surface area contributed by atoms with E-state index in [-0.39, 0.29) is 11.6 Å². The predicted octanol–water partition coefficient (Wildman–Crippen LogP) is -0.0855. The maximum Gasteiger partial charge on any atom is 0.206 e. The third-order valence-electron chi connectivity index (χ3n) is 3.70. The fraction of sp³-hybridized carbons (Fsp3) is 0.917. The zero-order valence-corrected chi connectivity index (χ0v) is 12.0. The number of hydrogen-bond acceptors (Lipinski definition) is 4. The second kappa shape index (κ2) is 6.92. The van der Waals surface area contributed by atoms with Crippen molar-refractivity contribution in [2.45, 2.75) is 37.8 Å². The molecule has 1 saturated carbocycles. The van der Waals surface area contributed by atoms with E-state index in [4.69, 9.17) is 10.6 Å². The summed E-state index contributed by atoms with van der Waals surface area (Å²) in [4.78, 5) is 6.82. The van der Waals surface area contributed by atoms with Crippen LogP contribution in [0, 0.1) is 0 Å². The van der Waals surface area contributed by atoms with Gasteiger partial charge in [0.2, 0.25) is 5.96 Å². The maximum atomic E-state index is 5.48. The summed E-state index contributed by atoms with van der Waals surface area (Å²) < 4.78 is 5.07. The second-order valence-electron chi connectivity index (χ2n) is 5.28. The van der Waals surface area contributed by atoms with Crippen LogP contribution in [-0.2, 0) is 4.74 Å². The molecular weight excluding hydrogens is 230 g/mol. The SMILES string of the molecule is COCC(C)NC(=NCC1(N(C)C)CCC1)NN. The molecule has 6 nitrogen and oxygen atoms in total. The smallest absolute Gasteiger partial charge is 0.206 e. The van der Waals surface area contributed by atoms with E-state index in [1.165, 1.54) is 19.3 Å². The largest absolute Gasteiger partial charge is 0.383 e. The molecule has 0 radical (unpaired) electrons. The highest BCUT2D eigenvalue weighted by Gasteiger charge is 2.38. The molecule has 0 saturated heterocycles. The quantitative estimate of drug-likeness (QED) is 0.268. The van der Waals surface area contributed by atoms with Gasteiger partial charge in [0, 0.05) is 18.7 Å². The molecule has 0 heterocycles. The standard InChI is InChI=1S/C12H27N5O/c1-10(8-18-4)15-11(16-13)14-9-12(17(2)3)6-5-7-12/h10H,5-9,13H2,1-4H3,(H2,14,15,16). The molecule has 1 aliphatic rings. The van der Waals surface area contributed by atoms with E-state index in [1.54, 1.807) is 7.11 Å². The van der Waals surface area contributed by atoms with Crippen molar-refractivity contribution >= 4 is 5.96 Å². The number of guanidine groups is 1. The highest BCUT2D eigenvalue weighted by Crippen LogP contribution is 2.36. The highest BCUT2D eigenvalue weighted by molar-refractivity contribution is 5.79. The van der Waals surface area contributed by atoms with Crippen molar-refractivity contribution in [3.63, 3.8) is 0 Å². The van der Waals surface area contributed by atoms with E-state index in [9.17, 15) is 0 Å². The van der Waals surface area contributed by atoms with Gasteiger partial charge >= 0.3 is 0 Å². The normalized spacial score (nSPS) is 20.4. The predicted molar refractivity (Wildman–Crippen MR) is 74.4 cm³/mol.